The number of likely N-dealkylation sites (tertiary alicyclic amines) is 1. The van der Waals surface area contributed by atoms with Gasteiger partial charge < -0.3 is 4.90 Å². The summed E-state index contributed by atoms with van der Waals surface area (Å²) in [6, 6.07) is 9.59. The van der Waals surface area contributed by atoms with E-state index in [1.165, 1.54) is 6.42 Å². The van der Waals surface area contributed by atoms with E-state index >= 15 is 0 Å². The number of Topliss-reactive ketones (excluding diaryl/α,β-unsaturated/α-hetero) is 1. The Morgan fingerprint density at radius 3 is 2.60 bits per heavy atom. The maximum Gasteiger partial charge on any atom is 0.223 e. The Morgan fingerprint density at radius 1 is 1.15 bits per heavy atom. The van der Waals surface area contributed by atoms with Crippen molar-refractivity contribution in [1.29, 1.82) is 0 Å². The molecule has 20 heavy (non-hydrogen) atoms. The molecule has 3 nitrogen and oxygen atoms in total. The summed E-state index contributed by atoms with van der Waals surface area (Å²) in [4.78, 5) is 26.3. The van der Waals surface area contributed by atoms with E-state index in [1.54, 1.807) is 0 Å². The zero-order chi connectivity index (χ0) is 14.4. The van der Waals surface area contributed by atoms with Crippen LogP contribution in [0.1, 0.15) is 55.8 Å². The molecule has 0 N–H and O–H groups in total. The molecule has 108 valence electrons. The monoisotopic (exact) mass is 273 g/mol. The number of ketones is 1. The molecule has 1 unspecified atom stereocenters. The van der Waals surface area contributed by atoms with Crippen molar-refractivity contribution in [1.82, 2.24) is 4.90 Å². The molecule has 1 aliphatic rings. The number of piperidine rings is 1. The number of hydrogen-bond acceptors (Lipinski definition) is 2. The molecule has 1 aromatic rings. The minimum atomic E-state index is 0.0593. The van der Waals surface area contributed by atoms with Crippen LogP contribution >= 0.6 is 0 Å². The van der Waals surface area contributed by atoms with Crippen LogP contribution in [-0.2, 0) is 4.79 Å². The van der Waals surface area contributed by atoms with Crippen molar-refractivity contribution < 1.29 is 9.59 Å². The van der Waals surface area contributed by atoms with Gasteiger partial charge in [-0.05, 0) is 25.7 Å². The Bertz CT molecular complexity index is 455. The van der Waals surface area contributed by atoms with E-state index in [1.807, 2.05) is 35.2 Å². The third-order valence-electron chi connectivity index (χ3n) is 4.08. The van der Waals surface area contributed by atoms with Crippen LogP contribution in [0.5, 0.6) is 0 Å². The lowest BCUT2D eigenvalue weighted by molar-refractivity contribution is -0.134. The van der Waals surface area contributed by atoms with Crippen LogP contribution in [-0.4, -0.2) is 29.2 Å². The van der Waals surface area contributed by atoms with Gasteiger partial charge in [0.15, 0.2) is 5.78 Å². The summed E-state index contributed by atoms with van der Waals surface area (Å²) in [7, 11) is 0. The van der Waals surface area contributed by atoms with Crippen molar-refractivity contribution in [2.45, 2.75) is 51.5 Å². The summed E-state index contributed by atoms with van der Waals surface area (Å²) < 4.78 is 0. The second kappa shape index (κ2) is 7.22. The number of carbonyl (C=O) groups is 2. The maximum atomic E-state index is 12.3. The minimum absolute atomic E-state index is 0.0593. The minimum Gasteiger partial charge on any atom is -0.340 e. The fourth-order valence-electron chi connectivity index (χ4n) is 2.89. The smallest absolute Gasteiger partial charge is 0.223 e. The molecule has 1 amide bonds. The molecule has 2 rings (SSSR count). The lowest BCUT2D eigenvalue weighted by atomic mass is 9.99. The highest BCUT2D eigenvalue weighted by molar-refractivity contribution is 5.97. The number of amides is 1. The molecule has 1 aromatic carbocycles. The molecular weight excluding hydrogens is 250 g/mol. The summed E-state index contributed by atoms with van der Waals surface area (Å²) in [6.45, 7) is 2.99. The fourth-order valence-corrected chi connectivity index (χ4v) is 2.89. The van der Waals surface area contributed by atoms with Crippen molar-refractivity contribution in [2.24, 2.45) is 0 Å². The first-order valence-corrected chi connectivity index (χ1v) is 7.60. The fraction of sp³-hybridized carbons (Fsp3) is 0.529. The van der Waals surface area contributed by atoms with E-state index in [9.17, 15) is 9.59 Å². The van der Waals surface area contributed by atoms with Gasteiger partial charge in [0.25, 0.3) is 0 Å². The van der Waals surface area contributed by atoms with Gasteiger partial charge in [0.2, 0.25) is 5.91 Å². The van der Waals surface area contributed by atoms with Crippen molar-refractivity contribution >= 4 is 11.7 Å². The highest BCUT2D eigenvalue weighted by Crippen LogP contribution is 2.20. The third-order valence-corrected chi connectivity index (χ3v) is 4.08. The summed E-state index contributed by atoms with van der Waals surface area (Å²) in [5, 5.41) is 0. The van der Waals surface area contributed by atoms with Crippen molar-refractivity contribution in [3.05, 3.63) is 35.9 Å². The largest absolute Gasteiger partial charge is 0.340 e. The van der Waals surface area contributed by atoms with Crippen molar-refractivity contribution in [2.75, 3.05) is 6.54 Å². The van der Waals surface area contributed by atoms with Crippen molar-refractivity contribution in [3.8, 4) is 0 Å². The Morgan fingerprint density at radius 2 is 1.90 bits per heavy atom. The van der Waals surface area contributed by atoms with E-state index in [4.69, 9.17) is 0 Å². The number of benzene rings is 1. The van der Waals surface area contributed by atoms with E-state index in [0.29, 0.717) is 24.4 Å². The van der Waals surface area contributed by atoms with Crippen LogP contribution in [0.25, 0.3) is 0 Å². The Labute approximate surface area is 121 Å². The average Bonchev–Trinajstić information content (AvgIpc) is 2.53. The zero-order valence-electron chi connectivity index (χ0n) is 12.2. The molecule has 0 bridgehead atoms. The molecule has 0 aliphatic carbocycles. The van der Waals surface area contributed by atoms with Gasteiger partial charge in [0.1, 0.15) is 0 Å². The van der Waals surface area contributed by atoms with E-state index in [-0.39, 0.29) is 11.7 Å². The predicted molar refractivity (Wildman–Crippen MR) is 79.6 cm³/mol. The highest BCUT2D eigenvalue weighted by atomic mass is 16.2. The Kier molecular flexibility index (Phi) is 5.33. The number of rotatable bonds is 5. The lowest BCUT2D eigenvalue weighted by Gasteiger charge is -2.35. The van der Waals surface area contributed by atoms with Gasteiger partial charge >= 0.3 is 0 Å². The second-order valence-electron chi connectivity index (χ2n) is 5.43. The molecule has 1 aliphatic heterocycles. The second-order valence-corrected chi connectivity index (χ2v) is 5.43. The third kappa shape index (κ3) is 3.69. The normalized spacial score (nSPS) is 18.9. The molecule has 1 atom stereocenters. The summed E-state index contributed by atoms with van der Waals surface area (Å²) in [5.74, 6) is 0.199. The molecule has 1 saturated heterocycles. The van der Waals surface area contributed by atoms with Crippen LogP contribution in [0.2, 0.25) is 0 Å². The molecular formula is C17H23NO2. The van der Waals surface area contributed by atoms with Gasteiger partial charge in [0.05, 0.1) is 0 Å². The summed E-state index contributed by atoms with van der Waals surface area (Å²) >= 11 is 0. The number of carbonyl (C=O) groups excluding carboxylic acids is 2. The first-order valence-electron chi connectivity index (χ1n) is 7.60. The quantitative estimate of drug-likeness (QED) is 0.771. The lowest BCUT2D eigenvalue weighted by Crippen LogP contribution is -2.43. The van der Waals surface area contributed by atoms with Gasteiger partial charge in [-0.25, -0.2) is 0 Å². The number of hydrogen-bond donors (Lipinski definition) is 0. The molecule has 1 heterocycles. The van der Waals surface area contributed by atoms with Crippen LogP contribution in [0, 0.1) is 0 Å². The van der Waals surface area contributed by atoms with Crippen LogP contribution in [0.15, 0.2) is 30.3 Å². The van der Waals surface area contributed by atoms with Gasteiger partial charge in [-0.15, -0.1) is 0 Å². The predicted octanol–water partition coefficient (Wildman–Crippen LogP) is 3.44. The topological polar surface area (TPSA) is 37.4 Å². The standard InChI is InChI=1S/C17H23NO2/c1-2-15-10-6-7-13-18(15)17(20)12-11-16(19)14-8-4-3-5-9-14/h3-5,8-9,15H,2,6-7,10-13H2,1H3. The SMILES string of the molecule is CCC1CCCCN1C(=O)CCC(=O)c1ccccc1. The Hall–Kier alpha value is -1.64. The van der Waals surface area contributed by atoms with Gasteiger partial charge in [-0.2, -0.15) is 0 Å². The van der Waals surface area contributed by atoms with Crippen molar-refractivity contribution in [3.63, 3.8) is 0 Å². The first kappa shape index (κ1) is 14.8. The highest BCUT2D eigenvalue weighted by Gasteiger charge is 2.25. The van der Waals surface area contributed by atoms with Gasteiger partial charge in [-0.3, -0.25) is 9.59 Å². The molecule has 0 radical (unpaired) electrons. The van der Waals surface area contributed by atoms with E-state index in [0.717, 1.165) is 25.8 Å². The molecule has 0 aromatic heterocycles. The number of nitrogens with zero attached hydrogens (tertiary/aromatic N) is 1. The van der Waals surface area contributed by atoms with E-state index in [2.05, 4.69) is 6.92 Å². The summed E-state index contributed by atoms with van der Waals surface area (Å²) in [5.41, 5.74) is 0.700. The van der Waals surface area contributed by atoms with Crippen LogP contribution in [0.3, 0.4) is 0 Å². The van der Waals surface area contributed by atoms with Crippen LogP contribution < -0.4 is 0 Å². The molecule has 3 heteroatoms. The summed E-state index contributed by atoms with van der Waals surface area (Å²) in [6.07, 6.45) is 5.08. The zero-order valence-corrected chi connectivity index (χ0v) is 12.2. The van der Waals surface area contributed by atoms with E-state index < -0.39 is 0 Å². The Balaban J connectivity index is 1.87. The molecule has 1 fully saturated rings. The van der Waals surface area contributed by atoms with Crippen LogP contribution in [0.4, 0.5) is 0 Å². The van der Waals surface area contributed by atoms with Gasteiger partial charge in [-0.1, -0.05) is 37.3 Å². The van der Waals surface area contributed by atoms with Gasteiger partial charge in [0, 0.05) is 31.0 Å². The maximum absolute atomic E-state index is 12.3. The molecule has 0 saturated carbocycles. The first-order chi connectivity index (χ1) is 9.72. The average molecular weight is 273 g/mol. The molecule has 0 spiro atoms.